The van der Waals surface area contributed by atoms with Crippen LogP contribution < -0.4 is 16.0 Å². The number of fused-ring (bicyclic) bond motifs is 1. The molecule has 1 aromatic rings. The average molecular weight is 598 g/mol. The van der Waals surface area contributed by atoms with E-state index in [0.717, 1.165) is 5.56 Å². The maximum absolute atomic E-state index is 14.2. The lowest BCUT2D eigenvalue weighted by Crippen LogP contribution is -2.60. The number of rotatable bonds is 7. The molecule has 0 unspecified atom stereocenters. The van der Waals surface area contributed by atoms with E-state index >= 15 is 0 Å². The van der Waals surface area contributed by atoms with Gasteiger partial charge in [0.2, 0.25) is 29.5 Å². The van der Waals surface area contributed by atoms with Gasteiger partial charge >= 0.3 is 0 Å². The van der Waals surface area contributed by atoms with E-state index in [1.807, 2.05) is 78.8 Å². The Morgan fingerprint density at radius 3 is 2.02 bits per heavy atom. The van der Waals surface area contributed by atoms with Gasteiger partial charge in [-0.25, -0.2) is 0 Å². The summed E-state index contributed by atoms with van der Waals surface area (Å²) >= 11 is 0. The molecule has 2 saturated heterocycles. The van der Waals surface area contributed by atoms with Crippen molar-refractivity contribution in [3.8, 4) is 0 Å². The Hall–Kier alpha value is -3.43. The van der Waals surface area contributed by atoms with Crippen LogP contribution in [-0.2, 0) is 30.4 Å². The Morgan fingerprint density at radius 2 is 1.44 bits per heavy atom. The SMILES string of the molecule is CC[C@H](C)[C@@H]1NC(=O)[C@H](C(C)C)NC(=O)[C@H](Cc2ccccc2)N(C)C(=O)[C@@H]2[C@H](C)CCN2C(=O)[C@H](CC(C)C)NC1=O. The van der Waals surface area contributed by atoms with Crippen LogP contribution in [-0.4, -0.2) is 83.1 Å². The maximum Gasteiger partial charge on any atom is 0.246 e. The van der Waals surface area contributed by atoms with Crippen LogP contribution in [0.2, 0.25) is 0 Å². The van der Waals surface area contributed by atoms with Crippen molar-refractivity contribution < 1.29 is 24.0 Å². The summed E-state index contributed by atoms with van der Waals surface area (Å²) in [6.45, 7) is 13.7. The highest BCUT2D eigenvalue weighted by atomic mass is 16.2. The van der Waals surface area contributed by atoms with Crippen LogP contribution in [0.25, 0.3) is 0 Å². The van der Waals surface area contributed by atoms with Crippen molar-refractivity contribution in [2.75, 3.05) is 13.6 Å². The van der Waals surface area contributed by atoms with Crippen molar-refractivity contribution in [2.24, 2.45) is 23.7 Å². The first-order valence-corrected chi connectivity index (χ1v) is 15.8. The van der Waals surface area contributed by atoms with Gasteiger partial charge < -0.3 is 25.8 Å². The molecular weight excluding hydrogens is 546 g/mol. The highest BCUT2D eigenvalue weighted by Gasteiger charge is 2.46. The second-order valence-corrected chi connectivity index (χ2v) is 13.2. The zero-order valence-electron chi connectivity index (χ0n) is 27.1. The molecule has 0 aromatic heterocycles. The second-order valence-electron chi connectivity index (χ2n) is 13.2. The van der Waals surface area contributed by atoms with E-state index in [1.165, 1.54) is 4.90 Å². The fraction of sp³-hybridized carbons (Fsp3) is 0.667. The quantitative estimate of drug-likeness (QED) is 0.445. The first kappa shape index (κ1) is 34.1. The van der Waals surface area contributed by atoms with Crippen LogP contribution in [0.3, 0.4) is 0 Å². The van der Waals surface area contributed by atoms with E-state index in [2.05, 4.69) is 16.0 Å². The molecule has 0 saturated carbocycles. The average Bonchev–Trinajstić information content (AvgIpc) is 3.35. The molecule has 3 N–H and O–H groups in total. The Bertz CT molecular complexity index is 1160. The van der Waals surface area contributed by atoms with E-state index in [4.69, 9.17) is 0 Å². The number of nitrogens with zero attached hydrogens (tertiary/aromatic N) is 2. The fourth-order valence-corrected chi connectivity index (χ4v) is 6.06. The molecule has 5 amide bonds. The van der Waals surface area contributed by atoms with E-state index < -0.39 is 47.9 Å². The van der Waals surface area contributed by atoms with Gasteiger partial charge in [0.15, 0.2) is 0 Å². The summed E-state index contributed by atoms with van der Waals surface area (Å²) in [5.74, 6) is -2.60. The lowest BCUT2D eigenvalue weighted by molar-refractivity contribution is -0.149. The zero-order valence-corrected chi connectivity index (χ0v) is 27.1. The Morgan fingerprint density at radius 1 is 0.837 bits per heavy atom. The molecule has 7 atom stereocenters. The monoisotopic (exact) mass is 597 g/mol. The minimum absolute atomic E-state index is 0.0900. The maximum atomic E-state index is 14.2. The van der Waals surface area contributed by atoms with Gasteiger partial charge in [0, 0.05) is 20.0 Å². The van der Waals surface area contributed by atoms with Crippen molar-refractivity contribution >= 4 is 29.5 Å². The van der Waals surface area contributed by atoms with Gasteiger partial charge in [-0.2, -0.15) is 0 Å². The van der Waals surface area contributed by atoms with Crippen molar-refractivity contribution in [3.63, 3.8) is 0 Å². The highest BCUT2D eigenvalue weighted by molar-refractivity contribution is 5.98. The molecule has 1 aromatic carbocycles. The largest absolute Gasteiger partial charge is 0.342 e. The topological polar surface area (TPSA) is 128 Å². The molecule has 3 rings (SSSR count). The summed E-state index contributed by atoms with van der Waals surface area (Å²) in [6, 6.07) is 5.04. The number of carbonyl (C=O) groups is 5. The summed E-state index contributed by atoms with van der Waals surface area (Å²) in [7, 11) is 1.60. The second kappa shape index (κ2) is 14.8. The smallest absolute Gasteiger partial charge is 0.246 e. The van der Waals surface area contributed by atoms with Gasteiger partial charge in [0.1, 0.15) is 30.2 Å². The molecule has 10 nitrogen and oxygen atoms in total. The lowest BCUT2D eigenvalue weighted by atomic mass is 9.95. The first-order valence-electron chi connectivity index (χ1n) is 15.8. The van der Waals surface area contributed by atoms with Gasteiger partial charge in [-0.15, -0.1) is 0 Å². The van der Waals surface area contributed by atoms with E-state index in [9.17, 15) is 24.0 Å². The molecule has 0 bridgehead atoms. The highest BCUT2D eigenvalue weighted by Crippen LogP contribution is 2.28. The number of likely N-dealkylation sites (N-methyl/N-ethyl adjacent to an activating group) is 1. The van der Waals surface area contributed by atoms with Crippen molar-refractivity contribution in [2.45, 2.75) is 104 Å². The third-order valence-electron chi connectivity index (χ3n) is 8.99. The molecule has 43 heavy (non-hydrogen) atoms. The summed E-state index contributed by atoms with van der Waals surface area (Å²) in [5, 5.41) is 8.75. The number of amides is 5. The number of benzene rings is 1. The molecule has 238 valence electrons. The summed E-state index contributed by atoms with van der Waals surface area (Å²) in [5.41, 5.74) is 0.863. The molecule has 10 heteroatoms. The Balaban J connectivity index is 2.14. The van der Waals surface area contributed by atoms with Crippen LogP contribution in [0.1, 0.15) is 73.3 Å². The Labute approximate surface area is 256 Å². The van der Waals surface area contributed by atoms with Crippen LogP contribution >= 0.6 is 0 Å². The van der Waals surface area contributed by atoms with Crippen LogP contribution in [0.5, 0.6) is 0 Å². The minimum atomic E-state index is -0.936. The Kier molecular flexibility index (Phi) is 11.8. The molecule has 2 aliphatic rings. The van der Waals surface area contributed by atoms with E-state index in [0.29, 0.717) is 25.8 Å². The number of hydrogen-bond acceptors (Lipinski definition) is 5. The minimum Gasteiger partial charge on any atom is -0.342 e. The third kappa shape index (κ3) is 8.15. The van der Waals surface area contributed by atoms with Crippen molar-refractivity contribution in [1.29, 1.82) is 0 Å². The fourth-order valence-electron chi connectivity index (χ4n) is 6.06. The summed E-state index contributed by atoms with van der Waals surface area (Å²) in [6.07, 6.45) is 1.87. The first-order chi connectivity index (χ1) is 20.3. The molecule has 2 heterocycles. The molecule has 0 aliphatic carbocycles. The van der Waals surface area contributed by atoms with Gasteiger partial charge in [0.25, 0.3) is 0 Å². The molecular formula is C33H51N5O5. The predicted octanol–water partition coefficient (Wildman–Crippen LogP) is 2.51. The van der Waals surface area contributed by atoms with Gasteiger partial charge in [-0.3, -0.25) is 24.0 Å². The van der Waals surface area contributed by atoms with Gasteiger partial charge in [0.05, 0.1) is 0 Å². The van der Waals surface area contributed by atoms with Crippen LogP contribution in [0.4, 0.5) is 0 Å². The van der Waals surface area contributed by atoms with Crippen LogP contribution in [0.15, 0.2) is 30.3 Å². The van der Waals surface area contributed by atoms with Gasteiger partial charge in [-0.05, 0) is 42.1 Å². The van der Waals surface area contributed by atoms with Crippen LogP contribution in [0, 0.1) is 23.7 Å². The molecule has 2 aliphatic heterocycles. The predicted molar refractivity (Wildman–Crippen MR) is 166 cm³/mol. The number of carbonyl (C=O) groups excluding carboxylic acids is 5. The van der Waals surface area contributed by atoms with E-state index in [-0.39, 0.29) is 41.9 Å². The zero-order chi connectivity index (χ0) is 32.0. The number of nitrogens with one attached hydrogen (secondary N) is 3. The summed E-state index contributed by atoms with van der Waals surface area (Å²) in [4.78, 5) is 72.7. The molecule has 0 radical (unpaired) electrons. The normalized spacial score (nSPS) is 28.7. The molecule has 2 fully saturated rings. The van der Waals surface area contributed by atoms with Crippen molar-refractivity contribution in [3.05, 3.63) is 35.9 Å². The number of hydrogen-bond donors (Lipinski definition) is 3. The van der Waals surface area contributed by atoms with E-state index in [1.54, 1.807) is 11.9 Å². The molecule has 0 spiro atoms. The summed E-state index contributed by atoms with van der Waals surface area (Å²) < 4.78 is 0. The third-order valence-corrected chi connectivity index (χ3v) is 8.99. The van der Waals surface area contributed by atoms with Gasteiger partial charge in [-0.1, -0.05) is 85.2 Å². The lowest BCUT2D eigenvalue weighted by Gasteiger charge is -2.36. The van der Waals surface area contributed by atoms with Crippen molar-refractivity contribution in [1.82, 2.24) is 25.8 Å². The standard InChI is InChI=1S/C33H51N5O5/c1-9-21(6)27-31(41)34-24(17-19(2)3)32(42)38-16-15-22(7)28(38)33(43)37(8)25(18-23-13-11-10-12-14-23)29(39)35-26(20(4)5)30(40)36-27/h10-14,19-22,24-28H,9,15-18H2,1-8H3,(H,34,41)(H,35,39)(H,36,40)/t21-,22+,24-,25-,26-,27-,28-/m0/s1.